The lowest BCUT2D eigenvalue weighted by molar-refractivity contribution is -0.122. The number of hydrogen-bond acceptors (Lipinski definition) is 6. The molecule has 1 amide bonds. The Hall–Kier alpha value is -3.06. The van der Waals surface area contributed by atoms with Gasteiger partial charge in [-0.05, 0) is 73.5 Å². The van der Waals surface area contributed by atoms with Crippen LogP contribution in [0.15, 0.2) is 58.4 Å². The quantitative estimate of drug-likeness (QED) is 0.390. The van der Waals surface area contributed by atoms with Gasteiger partial charge in [0.05, 0.1) is 29.4 Å². The van der Waals surface area contributed by atoms with Crippen LogP contribution in [0.2, 0.25) is 0 Å². The first-order valence-corrected chi connectivity index (χ1v) is 11.5. The number of carbonyl (C=O) groups excluding carboxylic acids is 2. The summed E-state index contributed by atoms with van der Waals surface area (Å²) in [5.74, 6) is 0.793. The lowest BCUT2D eigenvalue weighted by atomic mass is 10.2. The third kappa shape index (κ3) is 6.01. The molecule has 7 heteroatoms. The van der Waals surface area contributed by atoms with Gasteiger partial charge in [0.1, 0.15) is 5.75 Å². The summed E-state index contributed by atoms with van der Waals surface area (Å²) < 4.78 is 10.8. The Balaban J connectivity index is 1.80. The van der Waals surface area contributed by atoms with Crippen molar-refractivity contribution in [1.82, 2.24) is 4.90 Å². The van der Waals surface area contributed by atoms with Crippen molar-refractivity contribution in [2.75, 3.05) is 19.8 Å². The van der Waals surface area contributed by atoms with Gasteiger partial charge < -0.3 is 9.47 Å². The summed E-state index contributed by atoms with van der Waals surface area (Å²) in [6.45, 7) is 9.36. The zero-order valence-corrected chi connectivity index (χ0v) is 19.6. The number of ether oxygens (including phenoxy) is 2. The lowest BCUT2D eigenvalue weighted by Crippen LogP contribution is -2.28. The molecule has 1 aliphatic heterocycles. The molecule has 1 saturated heterocycles. The second-order valence-corrected chi connectivity index (χ2v) is 8.61. The number of nitrogens with zero attached hydrogens (tertiary/aromatic N) is 2. The maximum absolute atomic E-state index is 12.9. The number of esters is 1. The maximum Gasteiger partial charge on any atom is 0.338 e. The van der Waals surface area contributed by atoms with Gasteiger partial charge in [-0.3, -0.25) is 9.69 Å². The van der Waals surface area contributed by atoms with E-state index >= 15 is 0 Å². The number of amides is 1. The summed E-state index contributed by atoms with van der Waals surface area (Å²) in [4.78, 5) is 31.8. The topological polar surface area (TPSA) is 68.2 Å². The lowest BCUT2D eigenvalue weighted by Gasteiger charge is -2.12. The van der Waals surface area contributed by atoms with Crippen molar-refractivity contribution in [3.8, 4) is 5.75 Å². The molecular formula is C25H28N2O4S. The second kappa shape index (κ2) is 11.0. The van der Waals surface area contributed by atoms with Gasteiger partial charge in [0.2, 0.25) is 0 Å². The second-order valence-electron chi connectivity index (χ2n) is 7.60. The van der Waals surface area contributed by atoms with E-state index in [2.05, 4.69) is 18.8 Å². The molecule has 1 aliphatic rings. The van der Waals surface area contributed by atoms with Crippen molar-refractivity contribution in [3.63, 3.8) is 0 Å². The number of rotatable bonds is 8. The van der Waals surface area contributed by atoms with Crippen LogP contribution in [0.3, 0.4) is 0 Å². The van der Waals surface area contributed by atoms with Crippen molar-refractivity contribution in [1.29, 1.82) is 0 Å². The third-order valence-corrected chi connectivity index (χ3v) is 5.55. The van der Waals surface area contributed by atoms with Crippen LogP contribution < -0.4 is 4.74 Å². The van der Waals surface area contributed by atoms with Gasteiger partial charge in [-0.2, -0.15) is 0 Å². The predicted octanol–water partition coefficient (Wildman–Crippen LogP) is 5.52. The van der Waals surface area contributed by atoms with Crippen molar-refractivity contribution in [2.45, 2.75) is 27.7 Å². The SMILES string of the molecule is CCOC(=O)c1cccc(N=C2SC(=Cc3ccc(OCC(C)C)cc3)C(=O)N2CC)c1. The zero-order chi connectivity index (χ0) is 23.1. The molecule has 1 heterocycles. The summed E-state index contributed by atoms with van der Waals surface area (Å²) >= 11 is 1.32. The summed E-state index contributed by atoms with van der Waals surface area (Å²) in [7, 11) is 0. The molecule has 32 heavy (non-hydrogen) atoms. The van der Waals surface area contributed by atoms with E-state index in [0.717, 1.165) is 11.3 Å². The fraction of sp³-hybridized carbons (Fsp3) is 0.320. The van der Waals surface area contributed by atoms with E-state index in [1.54, 1.807) is 36.1 Å². The van der Waals surface area contributed by atoms with Crippen LogP contribution >= 0.6 is 11.8 Å². The highest BCUT2D eigenvalue weighted by Gasteiger charge is 2.32. The number of carbonyl (C=O) groups is 2. The number of hydrogen-bond donors (Lipinski definition) is 0. The molecule has 2 aromatic carbocycles. The number of amidine groups is 1. The Kier molecular flexibility index (Phi) is 8.11. The monoisotopic (exact) mass is 452 g/mol. The highest BCUT2D eigenvalue weighted by Crippen LogP contribution is 2.34. The number of aliphatic imine (C=N–C) groups is 1. The van der Waals surface area contributed by atoms with Crippen LogP contribution in [0.5, 0.6) is 5.75 Å². The summed E-state index contributed by atoms with van der Waals surface area (Å²) in [5, 5.41) is 0.585. The molecule has 1 fully saturated rings. The average Bonchev–Trinajstić information content (AvgIpc) is 3.07. The molecular weight excluding hydrogens is 424 g/mol. The Bertz CT molecular complexity index is 1030. The Morgan fingerprint density at radius 2 is 1.91 bits per heavy atom. The van der Waals surface area contributed by atoms with Gasteiger partial charge >= 0.3 is 5.97 Å². The highest BCUT2D eigenvalue weighted by molar-refractivity contribution is 8.18. The van der Waals surface area contributed by atoms with Gasteiger partial charge in [-0.1, -0.05) is 32.0 Å². The average molecular weight is 453 g/mol. The first kappa shape index (κ1) is 23.6. The minimum atomic E-state index is -0.390. The van der Waals surface area contributed by atoms with Crippen molar-refractivity contribution < 1.29 is 19.1 Å². The molecule has 0 aliphatic carbocycles. The molecule has 0 spiro atoms. The van der Waals surface area contributed by atoms with E-state index in [4.69, 9.17) is 9.47 Å². The fourth-order valence-electron chi connectivity index (χ4n) is 2.97. The molecule has 0 bridgehead atoms. The van der Waals surface area contributed by atoms with E-state index in [1.807, 2.05) is 37.3 Å². The summed E-state index contributed by atoms with van der Waals surface area (Å²) in [5.41, 5.74) is 1.94. The Morgan fingerprint density at radius 3 is 2.56 bits per heavy atom. The zero-order valence-electron chi connectivity index (χ0n) is 18.8. The van der Waals surface area contributed by atoms with Crippen LogP contribution in [-0.2, 0) is 9.53 Å². The van der Waals surface area contributed by atoms with Crippen molar-refractivity contribution >= 4 is 40.6 Å². The minimum Gasteiger partial charge on any atom is -0.493 e. The molecule has 0 aromatic heterocycles. The van der Waals surface area contributed by atoms with Crippen molar-refractivity contribution in [3.05, 3.63) is 64.6 Å². The smallest absolute Gasteiger partial charge is 0.338 e. The predicted molar refractivity (Wildman–Crippen MR) is 129 cm³/mol. The molecule has 6 nitrogen and oxygen atoms in total. The van der Waals surface area contributed by atoms with Crippen molar-refractivity contribution in [2.24, 2.45) is 10.9 Å². The van der Waals surface area contributed by atoms with Gasteiger partial charge in [0, 0.05) is 6.54 Å². The number of likely N-dealkylation sites (N-methyl/N-ethyl adjacent to an activating group) is 1. The molecule has 0 N–H and O–H groups in total. The molecule has 168 valence electrons. The number of benzene rings is 2. The van der Waals surface area contributed by atoms with E-state index in [1.165, 1.54) is 11.8 Å². The first-order chi connectivity index (χ1) is 15.4. The van der Waals surface area contributed by atoms with Gasteiger partial charge in [0.25, 0.3) is 5.91 Å². The van der Waals surface area contributed by atoms with Gasteiger partial charge in [-0.25, -0.2) is 9.79 Å². The molecule has 0 unspecified atom stereocenters. The third-order valence-electron chi connectivity index (χ3n) is 4.55. The van der Waals surface area contributed by atoms with Gasteiger partial charge in [-0.15, -0.1) is 0 Å². The molecule has 3 rings (SSSR count). The Morgan fingerprint density at radius 1 is 1.16 bits per heavy atom. The molecule has 2 aromatic rings. The molecule has 0 radical (unpaired) electrons. The van der Waals surface area contributed by atoms with Crippen LogP contribution in [-0.4, -0.2) is 41.7 Å². The van der Waals surface area contributed by atoms with E-state index in [9.17, 15) is 9.59 Å². The normalized spacial score (nSPS) is 16.3. The van der Waals surface area contributed by atoms with Gasteiger partial charge in [0.15, 0.2) is 5.17 Å². The fourth-order valence-corrected chi connectivity index (χ4v) is 4.03. The summed E-state index contributed by atoms with van der Waals surface area (Å²) in [6.07, 6.45) is 1.86. The van der Waals surface area contributed by atoms with E-state index < -0.39 is 5.97 Å². The maximum atomic E-state index is 12.9. The van der Waals surface area contributed by atoms with E-state index in [-0.39, 0.29) is 5.91 Å². The van der Waals surface area contributed by atoms with Crippen LogP contribution in [0, 0.1) is 5.92 Å². The number of thioether (sulfide) groups is 1. The first-order valence-electron chi connectivity index (χ1n) is 10.7. The Labute approximate surface area is 193 Å². The largest absolute Gasteiger partial charge is 0.493 e. The van der Waals surface area contributed by atoms with Crippen LogP contribution in [0.1, 0.15) is 43.6 Å². The minimum absolute atomic E-state index is 0.0852. The summed E-state index contributed by atoms with van der Waals surface area (Å²) in [6, 6.07) is 14.6. The molecule has 0 saturated carbocycles. The highest BCUT2D eigenvalue weighted by atomic mass is 32.2. The molecule has 0 atom stereocenters. The van der Waals surface area contributed by atoms with E-state index in [0.29, 0.717) is 47.0 Å². The standard InChI is InChI=1S/C25H28N2O4S/c1-5-27-23(28)22(14-18-10-12-21(13-11-18)31-16-17(3)4)32-25(27)26-20-9-7-8-19(15-20)24(29)30-6-2/h7-15,17H,5-6,16H2,1-4H3. The van der Waals surface area contributed by atoms with Crippen LogP contribution in [0.4, 0.5) is 5.69 Å². The van der Waals surface area contributed by atoms with Crippen LogP contribution in [0.25, 0.3) is 6.08 Å².